The number of para-hydroxylation sites is 2. The summed E-state index contributed by atoms with van der Waals surface area (Å²) in [6.07, 6.45) is 0. The molecule has 17 heavy (non-hydrogen) atoms. The molecule has 1 heterocycles. The molecule has 0 aliphatic heterocycles. The number of benzene rings is 1. The highest BCUT2D eigenvalue weighted by Crippen LogP contribution is 2.26. The molecule has 0 atom stereocenters. The lowest BCUT2D eigenvalue weighted by atomic mass is 10.3. The van der Waals surface area contributed by atoms with Crippen molar-refractivity contribution in [2.45, 2.75) is 13.2 Å². The molecular weight excluding hydrogens is 218 g/mol. The van der Waals surface area contributed by atoms with Crippen LogP contribution in [0.5, 0.6) is 11.5 Å². The molecule has 1 aromatic carbocycles. The van der Waals surface area contributed by atoms with Gasteiger partial charge in [-0.05, 0) is 24.3 Å². The monoisotopic (exact) mass is 233 g/mol. The highest BCUT2D eigenvalue weighted by atomic mass is 16.5. The van der Waals surface area contributed by atoms with Crippen LogP contribution in [0.3, 0.4) is 0 Å². The third-order valence-corrected chi connectivity index (χ3v) is 2.36. The van der Waals surface area contributed by atoms with Crippen molar-refractivity contribution in [3.05, 3.63) is 47.9 Å². The maximum absolute atomic E-state index is 5.61. The minimum absolute atomic E-state index is 0.361. The number of methoxy groups -OCH3 is 1. The fraction of sp³-hybridized carbons (Fsp3) is 0.231. The van der Waals surface area contributed by atoms with Gasteiger partial charge < -0.3 is 19.6 Å². The number of ether oxygens (including phenoxy) is 2. The van der Waals surface area contributed by atoms with E-state index in [1.54, 1.807) is 7.11 Å². The second-order valence-corrected chi connectivity index (χ2v) is 3.51. The Morgan fingerprint density at radius 3 is 2.41 bits per heavy atom. The van der Waals surface area contributed by atoms with Gasteiger partial charge >= 0.3 is 0 Å². The van der Waals surface area contributed by atoms with Crippen LogP contribution in [0.15, 0.2) is 40.8 Å². The number of furan rings is 1. The van der Waals surface area contributed by atoms with Crippen molar-refractivity contribution in [3.8, 4) is 11.5 Å². The van der Waals surface area contributed by atoms with E-state index in [1.165, 1.54) is 0 Å². The van der Waals surface area contributed by atoms with Gasteiger partial charge in [0.05, 0.1) is 13.7 Å². The van der Waals surface area contributed by atoms with E-state index in [-0.39, 0.29) is 0 Å². The van der Waals surface area contributed by atoms with Gasteiger partial charge in [0, 0.05) is 0 Å². The van der Waals surface area contributed by atoms with Crippen molar-refractivity contribution < 1.29 is 13.9 Å². The fourth-order valence-electron chi connectivity index (χ4n) is 1.50. The van der Waals surface area contributed by atoms with Gasteiger partial charge in [-0.15, -0.1) is 0 Å². The molecule has 2 N–H and O–H groups in total. The highest BCUT2D eigenvalue weighted by molar-refractivity contribution is 5.39. The van der Waals surface area contributed by atoms with Crippen molar-refractivity contribution in [2.75, 3.05) is 7.11 Å². The summed E-state index contributed by atoms with van der Waals surface area (Å²) in [4.78, 5) is 0. The van der Waals surface area contributed by atoms with E-state index in [0.717, 1.165) is 11.5 Å². The molecule has 0 aliphatic carbocycles. The summed E-state index contributed by atoms with van der Waals surface area (Å²) >= 11 is 0. The second-order valence-electron chi connectivity index (χ2n) is 3.51. The Morgan fingerprint density at radius 1 is 1.06 bits per heavy atom. The summed E-state index contributed by atoms with van der Waals surface area (Å²) in [6, 6.07) is 11.2. The minimum atomic E-state index is 0.361. The number of hydrogen-bond donors (Lipinski definition) is 1. The summed E-state index contributed by atoms with van der Waals surface area (Å²) in [5.41, 5.74) is 5.46. The Hall–Kier alpha value is -1.94. The highest BCUT2D eigenvalue weighted by Gasteiger charge is 2.05. The predicted octanol–water partition coefficient (Wildman–Crippen LogP) is 2.33. The number of hydrogen-bond acceptors (Lipinski definition) is 4. The third-order valence-electron chi connectivity index (χ3n) is 2.36. The quantitative estimate of drug-likeness (QED) is 0.861. The molecule has 4 heteroatoms. The first kappa shape index (κ1) is 11.5. The normalized spacial score (nSPS) is 10.2. The lowest BCUT2D eigenvalue weighted by Crippen LogP contribution is -1.97. The van der Waals surface area contributed by atoms with E-state index >= 15 is 0 Å². The molecule has 0 saturated carbocycles. The molecule has 0 fully saturated rings. The molecule has 0 unspecified atom stereocenters. The van der Waals surface area contributed by atoms with Gasteiger partial charge in [0.25, 0.3) is 0 Å². The van der Waals surface area contributed by atoms with Crippen LogP contribution in [0, 0.1) is 0 Å². The lowest BCUT2D eigenvalue weighted by molar-refractivity contribution is 0.253. The molecule has 0 saturated heterocycles. The average Bonchev–Trinajstić information content (AvgIpc) is 2.84. The van der Waals surface area contributed by atoms with Gasteiger partial charge in [0.2, 0.25) is 0 Å². The van der Waals surface area contributed by atoms with Gasteiger partial charge in [-0.25, -0.2) is 0 Å². The largest absolute Gasteiger partial charge is 0.493 e. The van der Waals surface area contributed by atoms with Gasteiger partial charge in [-0.1, -0.05) is 12.1 Å². The summed E-state index contributed by atoms with van der Waals surface area (Å²) in [6.45, 7) is 0.759. The second kappa shape index (κ2) is 5.41. The Morgan fingerprint density at radius 2 is 1.76 bits per heavy atom. The van der Waals surface area contributed by atoms with Crippen molar-refractivity contribution >= 4 is 0 Å². The summed E-state index contributed by atoms with van der Waals surface area (Å²) in [5.74, 6) is 2.90. The Balaban J connectivity index is 2.01. The summed E-state index contributed by atoms with van der Waals surface area (Å²) < 4.78 is 16.2. The van der Waals surface area contributed by atoms with Crippen LogP contribution in [0.4, 0.5) is 0 Å². The van der Waals surface area contributed by atoms with Crippen LogP contribution < -0.4 is 15.2 Å². The zero-order chi connectivity index (χ0) is 12.1. The first-order valence-electron chi connectivity index (χ1n) is 5.37. The molecule has 90 valence electrons. The van der Waals surface area contributed by atoms with Crippen LogP contribution in [-0.4, -0.2) is 7.11 Å². The topological polar surface area (TPSA) is 57.6 Å². The van der Waals surface area contributed by atoms with E-state index in [2.05, 4.69) is 0 Å². The SMILES string of the molecule is COc1ccccc1OCc1ccc(CN)o1. The van der Waals surface area contributed by atoms with E-state index < -0.39 is 0 Å². The first-order valence-corrected chi connectivity index (χ1v) is 5.37. The smallest absolute Gasteiger partial charge is 0.161 e. The zero-order valence-electron chi connectivity index (χ0n) is 9.68. The van der Waals surface area contributed by atoms with Crippen LogP contribution in [0.1, 0.15) is 11.5 Å². The predicted molar refractivity (Wildman–Crippen MR) is 63.9 cm³/mol. The van der Waals surface area contributed by atoms with Gasteiger partial charge in [0.15, 0.2) is 11.5 Å². The Bertz CT molecular complexity index is 479. The van der Waals surface area contributed by atoms with Crippen molar-refractivity contribution in [2.24, 2.45) is 5.73 Å². The Labute approximate surface area is 99.9 Å². The van der Waals surface area contributed by atoms with Crippen molar-refractivity contribution in [1.82, 2.24) is 0 Å². The van der Waals surface area contributed by atoms with E-state index in [0.29, 0.717) is 24.7 Å². The minimum Gasteiger partial charge on any atom is -0.493 e. The van der Waals surface area contributed by atoms with Gasteiger partial charge in [-0.3, -0.25) is 0 Å². The molecule has 1 aromatic heterocycles. The zero-order valence-corrected chi connectivity index (χ0v) is 9.68. The van der Waals surface area contributed by atoms with Crippen LogP contribution in [-0.2, 0) is 13.2 Å². The van der Waals surface area contributed by atoms with E-state index in [1.807, 2.05) is 36.4 Å². The summed E-state index contributed by atoms with van der Waals surface area (Å²) in [7, 11) is 1.61. The molecule has 4 nitrogen and oxygen atoms in total. The number of nitrogens with two attached hydrogens (primary N) is 1. The van der Waals surface area contributed by atoms with Gasteiger partial charge in [-0.2, -0.15) is 0 Å². The molecule has 0 aliphatic rings. The molecule has 0 bridgehead atoms. The van der Waals surface area contributed by atoms with Crippen LogP contribution in [0.2, 0.25) is 0 Å². The first-order chi connectivity index (χ1) is 8.33. The standard InChI is InChI=1S/C13H15NO3/c1-15-12-4-2-3-5-13(12)16-9-11-7-6-10(8-14)17-11/h2-7H,8-9,14H2,1H3. The third kappa shape index (κ3) is 2.79. The number of rotatable bonds is 5. The van der Waals surface area contributed by atoms with Gasteiger partial charge in [0.1, 0.15) is 18.1 Å². The molecule has 2 rings (SSSR count). The fourth-order valence-corrected chi connectivity index (χ4v) is 1.50. The average molecular weight is 233 g/mol. The van der Waals surface area contributed by atoms with Crippen LogP contribution in [0.25, 0.3) is 0 Å². The lowest BCUT2D eigenvalue weighted by Gasteiger charge is -2.08. The van der Waals surface area contributed by atoms with E-state index in [4.69, 9.17) is 19.6 Å². The van der Waals surface area contributed by atoms with Crippen LogP contribution >= 0.6 is 0 Å². The molecule has 0 amide bonds. The van der Waals surface area contributed by atoms with Crippen molar-refractivity contribution in [1.29, 1.82) is 0 Å². The van der Waals surface area contributed by atoms with E-state index in [9.17, 15) is 0 Å². The maximum atomic E-state index is 5.61. The molecule has 0 spiro atoms. The maximum Gasteiger partial charge on any atom is 0.161 e. The Kier molecular flexibility index (Phi) is 3.67. The molecular formula is C13H15NO3. The molecule has 2 aromatic rings. The molecule has 0 radical (unpaired) electrons. The summed E-state index contributed by atoms with van der Waals surface area (Å²) in [5, 5.41) is 0. The van der Waals surface area contributed by atoms with Crippen molar-refractivity contribution in [3.63, 3.8) is 0 Å².